The molecule has 0 unspecified atom stereocenters. The Morgan fingerprint density at radius 1 is 0.917 bits per heavy atom. The lowest BCUT2D eigenvalue weighted by molar-refractivity contribution is 0.355. The summed E-state index contributed by atoms with van der Waals surface area (Å²) in [5, 5.41) is 6.94. The number of anilines is 1. The maximum Gasteiger partial charge on any atom is 0.171 e. The van der Waals surface area contributed by atoms with Gasteiger partial charge in [0.1, 0.15) is 5.75 Å². The van der Waals surface area contributed by atoms with Crippen molar-refractivity contribution in [2.24, 2.45) is 0 Å². The quantitative estimate of drug-likeness (QED) is 0.777. The molecule has 0 saturated carbocycles. The van der Waals surface area contributed by atoms with Crippen molar-refractivity contribution in [1.29, 1.82) is 0 Å². The molecular weight excluding hydrogens is 324 g/mol. The van der Waals surface area contributed by atoms with E-state index in [1.54, 1.807) is 21.3 Å². The van der Waals surface area contributed by atoms with E-state index in [0.717, 1.165) is 17.0 Å². The number of hydrogen-bond donors (Lipinski definition) is 2. The van der Waals surface area contributed by atoms with Crippen LogP contribution in [0.5, 0.6) is 17.2 Å². The Morgan fingerprint density at radius 2 is 1.58 bits per heavy atom. The van der Waals surface area contributed by atoms with Crippen LogP contribution in [0.2, 0.25) is 0 Å². The summed E-state index contributed by atoms with van der Waals surface area (Å²) in [7, 11) is 4.86. The molecule has 0 bridgehead atoms. The van der Waals surface area contributed by atoms with Gasteiger partial charge < -0.3 is 24.8 Å². The highest BCUT2D eigenvalue weighted by Gasteiger charge is 2.09. The first-order chi connectivity index (χ1) is 11.6. The fraction of sp³-hybridized carbons (Fsp3) is 0.278. The third-order valence-electron chi connectivity index (χ3n) is 3.60. The van der Waals surface area contributed by atoms with Gasteiger partial charge in [0.05, 0.1) is 27.4 Å². The van der Waals surface area contributed by atoms with Crippen LogP contribution in [0, 0.1) is 0 Å². The molecule has 0 aromatic heterocycles. The van der Waals surface area contributed by atoms with Crippen molar-refractivity contribution >= 4 is 23.0 Å². The van der Waals surface area contributed by atoms with Crippen LogP contribution in [0.3, 0.4) is 0 Å². The normalized spacial score (nSPS) is 11.3. The molecule has 0 amide bonds. The average molecular weight is 346 g/mol. The highest BCUT2D eigenvalue weighted by atomic mass is 32.1. The summed E-state index contributed by atoms with van der Waals surface area (Å²) in [4.78, 5) is 0. The fourth-order valence-corrected chi connectivity index (χ4v) is 2.55. The van der Waals surface area contributed by atoms with Crippen LogP contribution in [0.25, 0.3) is 0 Å². The van der Waals surface area contributed by atoms with Gasteiger partial charge in [0, 0.05) is 11.8 Å². The van der Waals surface area contributed by atoms with Gasteiger partial charge in [-0.1, -0.05) is 12.1 Å². The van der Waals surface area contributed by atoms with Crippen LogP contribution in [0.1, 0.15) is 18.5 Å². The van der Waals surface area contributed by atoms with Gasteiger partial charge in [-0.05, 0) is 49.0 Å². The fourth-order valence-electron chi connectivity index (χ4n) is 2.25. The second-order valence-corrected chi connectivity index (χ2v) is 5.57. The topological polar surface area (TPSA) is 51.8 Å². The second kappa shape index (κ2) is 8.40. The zero-order valence-corrected chi connectivity index (χ0v) is 15.1. The smallest absolute Gasteiger partial charge is 0.171 e. The molecule has 0 fully saturated rings. The number of rotatable bonds is 6. The first kappa shape index (κ1) is 17.9. The SMILES string of the molecule is COc1ccc([C@@H](C)NC(=S)Nc2ccc(OC)c(OC)c2)cc1. The molecule has 6 heteroatoms. The van der Waals surface area contributed by atoms with Gasteiger partial charge in [-0.15, -0.1) is 0 Å². The van der Waals surface area contributed by atoms with Gasteiger partial charge >= 0.3 is 0 Å². The lowest BCUT2D eigenvalue weighted by Gasteiger charge is -2.18. The standard InChI is InChI=1S/C18H22N2O3S/c1-12(13-5-8-15(21-2)9-6-13)19-18(24)20-14-7-10-16(22-3)17(11-14)23-4/h5-12H,1-4H3,(H2,19,20,24)/t12-/m1/s1. The molecule has 0 spiro atoms. The lowest BCUT2D eigenvalue weighted by Crippen LogP contribution is -2.30. The van der Waals surface area contributed by atoms with E-state index in [1.165, 1.54) is 0 Å². The predicted molar refractivity (Wildman–Crippen MR) is 100 cm³/mol. The van der Waals surface area contributed by atoms with E-state index in [2.05, 4.69) is 10.6 Å². The molecule has 0 aliphatic rings. The van der Waals surface area contributed by atoms with Crippen LogP contribution >= 0.6 is 12.2 Å². The van der Waals surface area contributed by atoms with E-state index in [4.69, 9.17) is 26.4 Å². The van der Waals surface area contributed by atoms with Crippen molar-refractivity contribution in [3.63, 3.8) is 0 Å². The van der Waals surface area contributed by atoms with Gasteiger partial charge in [-0.2, -0.15) is 0 Å². The summed E-state index contributed by atoms with van der Waals surface area (Å²) in [6.07, 6.45) is 0. The van der Waals surface area contributed by atoms with Crippen molar-refractivity contribution < 1.29 is 14.2 Å². The monoisotopic (exact) mass is 346 g/mol. The first-order valence-corrected chi connectivity index (χ1v) is 7.91. The van der Waals surface area contributed by atoms with Crippen LogP contribution in [-0.2, 0) is 0 Å². The number of methoxy groups -OCH3 is 3. The third kappa shape index (κ3) is 4.52. The maximum absolute atomic E-state index is 5.38. The molecule has 5 nitrogen and oxygen atoms in total. The second-order valence-electron chi connectivity index (χ2n) is 5.16. The van der Waals surface area contributed by atoms with Crippen molar-refractivity contribution in [3.05, 3.63) is 48.0 Å². The summed E-state index contributed by atoms with van der Waals surface area (Å²) in [5.41, 5.74) is 1.94. The van der Waals surface area contributed by atoms with Gasteiger partial charge in [0.2, 0.25) is 0 Å². The van der Waals surface area contributed by atoms with Crippen LogP contribution in [0.4, 0.5) is 5.69 Å². The summed E-state index contributed by atoms with van der Waals surface area (Å²) < 4.78 is 15.7. The Kier molecular flexibility index (Phi) is 6.26. The minimum Gasteiger partial charge on any atom is -0.497 e. The zero-order valence-electron chi connectivity index (χ0n) is 14.3. The molecule has 2 rings (SSSR count). The van der Waals surface area contributed by atoms with Gasteiger partial charge in [-0.25, -0.2) is 0 Å². The first-order valence-electron chi connectivity index (χ1n) is 7.51. The van der Waals surface area contributed by atoms with E-state index in [9.17, 15) is 0 Å². The lowest BCUT2D eigenvalue weighted by atomic mass is 10.1. The van der Waals surface area contributed by atoms with Crippen LogP contribution < -0.4 is 24.8 Å². The van der Waals surface area contributed by atoms with Crippen LogP contribution in [-0.4, -0.2) is 26.4 Å². The van der Waals surface area contributed by atoms with Crippen LogP contribution in [0.15, 0.2) is 42.5 Å². The molecule has 0 radical (unpaired) electrons. The number of benzene rings is 2. The largest absolute Gasteiger partial charge is 0.497 e. The molecule has 0 aliphatic carbocycles. The van der Waals surface area contributed by atoms with Gasteiger partial charge in [-0.3, -0.25) is 0 Å². The Morgan fingerprint density at radius 3 is 2.17 bits per heavy atom. The minimum atomic E-state index is 0.0658. The van der Waals surface area contributed by atoms with Gasteiger partial charge in [0.15, 0.2) is 16.6 Å². The van der Waals surface area contributed by atoms with E-state index < -0.39 is 0 Å². The highest BCUT2D eigenvalue weighted by Crippen LogP contribution is 2.29. The molecule has 0 heterocycles. The Hall–Kier alpha value is -2.47. The Labute approximate surface area is 147 Å². The number of ether oxygens (including phenoxy) is 3. The van der Waals surface area contributed by atoms with Gasteiger partial charge in [0.25, 0.3) is 0 Å². The Bertz CT molecular complexity index is 689. The number of thiocarbonyl (C=S) groups is 1. The zero-order chi connectivity index (χ0) is 17.5. The minimum absolute atomic E-state index is 0.0658. The summed E-state index contributed by atoms with van der Waals surface area (Å²) in [6.45, 7) is 2.05. The average Bonchev–Trinajstić information content (AvgIpc) is 2.61. The molecule has 2 aromatic carbocycles. The van der Waals surface area contributed by atoms with Crippen molar-refractivity contribution in [2.75, 3.05) is 26.6 Å². The summed E-state index contributed by atoms with van der Waals surface area (Å²) in [6, 6.07) is 13.5. The molecule has 1 atom stereocenters. The third-order valence-corrected chi connectivity index (χ3v) is 3.82. The molecule has 0 saturated heterocycles. The molecule has 128 valence electrons. The van der Waals surface area contributed by atoms with E-state index in [0.29, 0.717) is 16.6 Å². The van der Waals surface area contributed by atoms with Crippen molar-refractivity contribution in [2.45, 2.75) is 13.0 Å². The van der Waals surface area contributed by atoms with Crippen molar-refractivity contribution in [1.82, 2.24) is 5.32 Å². The number of nitrogens with one attached hydrogen (secondary N) is 2. The highest BCUT2D eigenvalue weighted by molar-refractivity contribution is 7.80. The number of hydrogen-bond acceptors (Lipinski definition) is 4. The molecule has 2 N–H and O–H groups in total. The molecule has 0 aliphatic heterocycles. The molecular formula is C18H22N2O3S. The van der Waals surface area contributed by atoms with E-state index in [1.807, 2.05) is 49.4 Å². The summed E-state index contributed by atoms with van der Waals surface area (Å²) >= 11 is 5.38. The van der Waals surface area contributed by atoms with Crippen molar-refractivity contribution in [3.8, 4) is 17.2 Å². The van der Waals surface area contributed by atoms with E-state index >= 15 is 0 Å². The predicted octanol–water partition coefficient (Wildman–Crippen LogP) is 3.76. The maximum atomic E-state index is 5.38. The van der Waals surface area contributed by atoms with E-state index in [-0.39, 0.29) is 6.04 Å². The molecule has 24 heavy (non-hydrogen) atoms. The Balaban J connectivity index is 1.99. The summed E-state index contributed by atoms with van der Waals surface area (Å²) in [5.74, 6) is 2.15. The molecule has 2 aromatic rings.